The Hall–Kier alpha value is -1.59. The summed E-state index contributed by atoms with van der Waals surface area (Å²) in [5.74, 6) is 0.00239. The van der Waals surface area contributed by atoms with E-state index in [0.29, 0.717) is 18.5 Å². The molecule has 2 rings (SSSR count). The zero-order chi connectivity index (χ0) is 18.4. The van der Waals surface area contributed by atoms with Gasteiger partial charge in [0.15, 0.2) is 0 Å². The van der Waals surface area contributed by atoms with Crippen molar-refractivity contribution in [2.45, 2.75) is 51.5 Å². The second-order valence-electron chi connectivity index (χ2n) is 7.77. The molecule has 1 aromatic carbocycles. The van der Waals surface area contributed by atoms with Crippen molar-refractivity contribution in [1.29, 1.82) is 0 Å². The highest BCUT2D eigenvalue weighted by molar-refractivity contribution is 5.94. The molecular weight excluding hydrogens is 350 g/mol. The summed E-state index contributed by atoms with van der Waals surface area (Å²) in [6.07, 6.45) is 2.47. The monoisotopic (exact) mass is 381 g/mol. The Morgan fingerprint density at radius 1 is 1.19 bits per heavy atom. The van der Waals surface area contributed by atoms with Gasteiger partial charge in [0, 0.05) is 37.7 Å². The van der Waals surface area contributed by atoms with Gasteiger partial charge in [-0.25, -0.2) is 0 Å². The molecule has 0 aliphatic carbocycles. The van der Waals surface area contributed by atoms with Crippen molar-refractivity contribution in [3.05, 3.63) is 35.4 Å². The van der Waals surface area contributed by atoms with Crippen molar-refractivity contribution in [2.24, 2.45) is 0 Å². The van der Waals surface area contributed by atoms with Gasteiger partial charge in [-0.3, -0.25) is 9.59 Å². The third-order valence-electron chi connectivity index (χ3n) is 4.77. The second kappa shape index (κ2) is 9.93. The first-order chi connectivity index (χ1) is 11.8. The van der Waals surface area contributed by atoms with Crippen molar-refractivity contribution in [3.63, 3.8) is 0 Å². The molecule has 5 nitrogen and oxygen atoms in total. The Bertz CT molecular complexity index is 596. The fourth-order valence-electron chi connectivity index (χ4n) is 3.26. The molecular formula is C20H32ClN3O2. The number of likely N-dealkylation sites (N-methyl/N-ethyl adjacent to an activating group) is 1. The molecule has 1 fully saturated rings. The Labute approximate surface area is 163 Å². The van der Waals surface area contributed by atoms with Crippen LogP contribution in [-0.2, 0) is 10.2 Å². The minimum absolute atomic E-state index is 0. The van der Waals surface area contributed by atoms with Crippen LogP contribution in [0.5, 0.6) is 0 Å². The van der Waals surface area contributed by atoms with E-state index in [4.69, 9.17) is 0 Å². The molecule has 1 atom stereocenters. The number of nitrogens with one attached hydrogen (secondary N) is 2. The zero-order valence-electron chi connectivity index (χ0n) is 16.3. The van der Waals surface area contributed by atoms with Gasteiger partial charge in [-0.1, -0.05) is 32.9 Å². The molecule has 6 heteroatoms. The fraction of sp³-hybridized carbons (Fsp3) is 0.600. The zero-order valence-corrected chi connectivity index (χ0v) is 17.1. The Morgan fingerprint density at radius 2 is 1.85 bits per heavy atom. The second-order valence-corrected chi connectivity index (χ2v) is 7.77. The molecule has 1 heterocycles. The van der Waals surface area contributed by atoms with E-state index in [1.54, 1.807) is 0 Å². The van der Waals surface area contributed by atoms with Gasteiger partial charge < -0.3 is 15.5 Å². The van der Waals surface area contributed by atoms with E-state index in [2.05, 4.69) is 31.4 Å². The lowest BCUT2D eigenvalue weighted by atomic mass is 9.87. The van der Waals surface area contributed by atoms with E-state index < -0.39 is 0 Å². The van der Waals surface area contributed by atoms with Gasteiger partial charge in [-0.2, -0.15) is 0 Å². The summed E-state index contributed by atoms with van der Waals surface area (Å²) in [4.78, 5) is 26.5. The number of benzene rings is 1. The van der Waals surface area contributed by atoms with Crippen LogP contribution in [0.15, 0.2) is 24.3 Å². The average molecular weight is 382 g/mol. The highest BCUT2D eigenvalue weighted by Gasteiger charge is 2.27. The van der Waals surface area contributed by atoms with Crippen LogP contribution in [-0.4, -0.2) is 49.4 Å². The molecule has 0 spiro atoms. The maximum Gasteiger partial charge on any atom is 0.251 e. The Balaban J connectivity index is 0.00000338. The van der Waals surface area contributed by atoms with E-state index in [1.807, 2.05) is 36.2 Å². The van der Waals surface area contributed by atoms with Gasteiger partial charge in [0.05, 0.1) is 0 Å². The molecule has 146 valence electrons. The van der Waals surface area contributed by atoms with Gasteiger partial charge in [-0.05, 0) is 43.0 Å². The molecule has 0 bridgehead atoms. The smallest absolute Gasteiger partial charge is 0.251 e. The average Bonchev–Trinajstić information content (AvgIpc) is 3.02. The number of likely N-dealkylation sites (tertiary alicyclic amines) is 1. The summed E-state index contributed by atoms with van der Waals surface area (Å²) in [5, 5.41) is 6.00. The van der Waals surface area contributed by atoms with Crippen molar-refractivity contribution >= 4 is 24.2 Å². The minimum Gasteiger partial charge on any atom is -0.352 e. The fourth-order valence-corrected chi connectivity index (χ4v) is 3.26. The lowest BCUT2D eigenvalue weighted by Crippen LogP contribution is -2.42. The van der Waals surface area contributed by atoms with E-state index in [1.165, 1.54) is 5.56 Å². The molecule has 0 radical (unpaired) electrons. The van der Waals surface area contributed by atoms with Gasteiger partial charge in [0.1, 0.15) is 0 Å². The van der Waals surface area contributed by atoms with E-state index in [9.17, 15) is 9.59 Å². The van der Waals surface area contributed by atoms with Crippen LogP contribution >= 0.6 is 12.4 Å². The third kappa shape index (κ3) is 5.99. The maximum atomic E-state index is 12.4. The van der Waals surface area contributed by atoms with E-state index in [0.717, 1.165) is 25.9 Å². The molecule has 0 saturated carbocycles. The summed E-state index contributed by atoms with van der Waals surface area (Å²) >= 11 is 0. The van der Waals surface area contributed by atoms with E-state index in [-0.39, 0.29) is 35.7 Å². The molecule has 0 aromatic heterocycles. The molecule has 1 aromatic rings. The van der Waals surface area contributed by atoms with Gasteiger partial charge in [0.2, 0.25) is 5.91 Å². The van der Waals surface area contributed by atoms with Crippen LogP contribution in [0.3, 0.4) is 0 Å². The molecule has 2 amide bonds. The van der Waals surface area contributed by atoms with Gasteiger partial charge >= 0.3 is 0 Å². The molecule has 26 heavy (non-hydrogen) atoms. The first kappa shape index (κ1) is 22.5. The van der Waals surface area contributed by atoms with Crippen molar-refractivity contribution in [3.8, 4) is 0 Å². The maximum absolute atomic E-state index is 12.4. The highest BCUT2D eigenvalue weighted by atomic mass is 35.5. The number of rotatable bonds is 6. The van der Waals surface area contributed by atoms with E-state index >= 15 is 0 Å². The van der Waals surface area contributed by atoms with Crippen molar-refractivity contribution in [2.75, 3.05) is 26.7 Å². The minimum atomic E-state index is -0.124. The van der Waals surface area contributed by atoms with Gasteiger partial charge in [0.25, 0.3) is 5.91 Å². The predicted molar refractivity (Wildman–Crippen MR) is 108 cm³/mol. The van der Waals surface area contributed by atoms with Crippen LogP contribution in [0.2, 0.25) is 0 Å². The summed E-state index contributed by atoms with van der Waals surface area (Å²) in [6, 6.07) is 7.97. The summed E-state index contributed by atoms with van der Waals surface area (Å²) in [7, 11) is 1.91. The number of amides is 2. The molecule has 2 N–H and O–H groups in total. The van der Waals surface area contributed by atoms with Crippen molar-refractivity contribution in [1.82, 2.24) is 15.5 Å². The lowest BCUT2D eigenvalue weighted by molar-refractivity contribution is -0.131. The standard InChI is InChI=1S/C20H31N3O2.ClH/c1-20(2,3)16-9-7-15(8-10-16)19(25)22-12-11-18(24)23-13-5-6-17(23)14-21-4;/h7-10,17,21H,5-6,11-14H2,1-4H3,(H,22,25);1H. The number of nitrogens with zero attached hydrogens (tertiary/aromatic N) is 1. The number of carbonyl (C=O) groups excluding carboxylic acids is 2. The molecule has 1 aliphatic rings. The molecule has 1 saturated heterocycles. The number of hydrogen-bond acceptors (Lipinski definition) is 3. The van der Waals surface area contributed by atoms with Crippen LogP contribution in [0, 0.1) is 0 Å². The lowest BCUT2D eigenvalue weighted by Gasteiger charge is -2.24. The Morgan fingerprint density at radius 3 is 2.42 bits per heavy atom. The SMILES string of the molecule is CNCC1CCCN1C(=O)CCNC(=O)c1ccc(C(C)(C)C)cc1.Cl. The summed E-state index contributed by atoms with van der Waals surface area (Å²) in [6.45, 7) is 8.47. The van der Waals surface area contributed by atoms with Crippen LogP contribution < -0.4 is 10.6 Å². The first-order valence-corrected chi connectivity index (χ1v) is 9.15. The quantitative estimate of drug-likeness (QED) is 0.796. The summed E-state index contributed by atoms with van der Waals surface area (Å²) < 4.78 is 0. The molecule has 1 unspecified atom stereocenters. The summed E-state index contributed by atoms with van der Waals surface area (Å²) in [5.41, 5.74) is 1.90. The third-order valence-corrected chi connectivity index (χ3v) is 4.77. The normalized spacial score (nSPS) is 16.9. The van der Waals surface area contributed by atoms with Crippen LogP contribution in [0.4, 0.5) is 0 Å². The largest absolute Gasteiger partial charge is 0.352 e. The van der Waals surface area contributed by atoms with Crippen molar-refractivity contribution < 1.29 is 9.59 Å². The van der Waals surface area contributed by atoms with Crippen LogP contribution in [0.1, 0.15) is 56.0 Å². The molecule has 1 aliphatic heterocycles. The number of halogens is 1. The Kier molecular flexibility index (Phi) is 8.57. The first-order valence-electron chi connectivity index (χ1n) is 9.15. The highest BCUT2D eigenvalue weighted by Crippen LogP contribution is 2.22. The van der Waals surface area contributed by atoms with Gasteiger partial charge in [-0.15, -0.1) is 12.4 Å². The number of carbonyl (C=O) groups is 2. The van der Waals surface area contributed by atoms with Crippen LogP contribution in [0.25, 0.3) is 0 Å². The number of hydrogen-bond donors (Lipinski definition) is 2. The topological polar surface area (TPSA) is 61.4 Å². The predicted octanol–water partition coefficient (Wildman–Crippen LogP) is 2.74.